The number of allylic oxidation sites excluding steroid dienone is 2. The Morgan fingerprint density at radius 2 is 1.18 bits per heavy atom. The molecular formula is C39H47Cl4N4O14+. The van der Waals surface area contributed by atoms with E-state index in [0.29, 0.717) is 40.0 Å². The molecular weight excluding hydrogens is 890 g/mol. The van der Waals surface area contributed by atoms with E-state index in [0.717, 1.165) is 17.2 Å². The molecule has 0 bridgehead atoms. The van der Waals surface area contributed by atoms with E-state index in [1.165, 1.54) is 0 Å². The number of aliphatic carboxylic acids is 2. The molecule has 4 heterocycles. The Kier molecular flexibility index (Phi) is 15.5. The zero-order valence-electron chi connectivity index (χ0n) is 32.8. The summed E-state index contributed by atoms with van der Waals surface area (Å²) < 4.78 is 25.8. The van der Waals surface area contributed by atoms with Crippen molar-refractivity contribution >= 4 is 86.8 Å². The number of halogens is 4. The van der Waals surface area contributed by atoms with Gasteiger partial charge < -0.3 is 69.6 Å². The number of aromatic nitrogens is 2. The molecule has 18 nitrogen and oxygen atoms in total. The molecule has 3 aliphatic heterocycles. The Morgan fingerprint density at radius 1 is 0.705 bits per heavy atom. The van der Waals surface area contributed by atoms with Gasteiger partial charge in [-0.3, -0.25) is 0 Å². The predicted molar refractivity (Wildman–Crippen MR) is 222 cm³/mol. The Bertz CT molecular complexity index is 2020. The van der Waals surface area contributed by atoms with Gasteiger partial charge in [0.1, 0.15) is 42.4 Å². The molecule has 2 fully saturated rings. The summed E-state index contributed by atoms with van der Waals surface area (Å²) in [5.74, 6) is -1.59. The molecule has 10 atom stereocenters. The van der Waals surface area contributed by atoms with Crippen molar-refractivity contribution < 1.29 is 74.0 Å². The van der Waals surface area contributed by atoms with Crippen LogP contribution in [0.15, 0.2) is 42.2 Å². The lowest BCUT2D eigenvalue weighted by Crippen LogP contribution is -2.60. The zero-order valence-corrected chi connectivity index (χ0v) is 35.8. The van der Waals surface area contributed by atoms with Crippen LogP contribution in [0.4, 0.5) is 11.4 Å². The van der Waals surface area contributed by atoms with Gasteiger partial charge in [0.15, 0.2) is 35.8 Å². The number of imidazole rings is 1. The first-order chi connectivity index (χ1) is 29.0. The number of carboxylic acid groups (broad SMARTS) is 2. The fourth-order valence-corrected chi connectivity index (χ4v) is 8.27. The Morgan fingerprint density at radius 3 is 1.67 bits per heavy atom. The summed E-state index contributed by atoms with van der Waals surface area (Å²) in [6.07, 6.45) is -11.4. The number of hydrogen-bond acceptors (Lipinski definition) is 14. The van der Waals surface area contributed by atoms with Crippen molar-refractivity contribution in [2.24, 2.45) is 0 Å². The summed E-state index contributed by atoms with van der Waals surface area (Å²) in [5.41, 5.74) is 3.08. The minimum atomic E-state index is -1.87. The van der Waals surface area contributed by atoms with Crippen molar-refractivity contribution in [3.63, 3.8) is 0 Å². The van der Waals surface area contributed by atoms with Gasteiger partial charge in [-0.15, -0.1) is 0 Å². The Balaban J connectivity index is 1.31. The highest BCUT2D eigenvalue weighted by Crippen LogP contribution is 2.45. The van der Waals surface area contributed by atoms with E-state index in [2.05, 4.69) is 9.80 Å². The van der Waals surface area contributed by atoms with Crippen LogP contribution in [0.1, 0.15) is 32.5 Å². The number of hydrogen-bond donors (Lipinski definition) is 8. The lowest BCUT2D eigenvalue weighted by molar-refractivity contribution is -0.674. The topological polar surface area (TPSA) is 248 Å². The molecule has 0 saturated carbocycles. The number of carboxylic acids is 2. The van der Waals surface area contributed by atoms with E-state index in [4.69, 9.17) is 65.4 Å². The van der Waals surface area contributed by atoms with E-state index in [9.17, 15) is 50.4 Å². The summed E-state index contributed by atoms with van der Waals surface area (Å²) in [6.45, 7) is 5.60. The van der Waals surface area contributed by atoms with E-state index >= 15 is 0 Å². The molecule has 0 spiro atoms. The van der Waals surface area contributed by atoms with Gasteiger partial charge >= 0.3 is 11.9 Å². The van der Waals surface area contributed by atoms with Crippen LogP contribution in [0.5, 0.6) is 0 Å². The molecule has 0 amide bonds. The first-order valence-corrected chi connectivity index (χ1v) is 20.9. The van der Waals surface area contributed by atoms with Gasteiger partial charge in [0.05, 0.1) is 57.8 Å². The van der Waals surface area contributed by atoms with Crippen molar-refractivity contribution in [1.29, 1.82) is 0 Å². The summed E-state index contributed by atoms with van der Waals surface area (Å²) >= 11 is 26.0. The highest BCUT2D eigenvalue weighted by Gasteiger charge is 2.48. The molecule has 334 valence electrons. The number of aliphatic hydroxyl groups excluding tert-OH is 6. The minimum absolute atomic E-state index is 0.0825. The average molecular weight is 938 g/mol. The predicted octanol–water partition coefficient (Wildman–Crippen LogP) is 2.36. The molecule has 2 aromatic carbocycles. The highest BCUT2D eigenvalue weighted by atomic mass is 35.5. The summed E-state index contributed by atoms with van der Waals surface area (Å²) in [7, 11) is 0. The smallest absolute Gasteiger partial charge is 0.335 e. The van der Waals surface area contributed by atoms with Crippen LogP contribution in [-0.2, 0) is 41.6 Å². The second-order valence-corrected chi connectivity index (χ2v) is 16.1. The van der Waals surface area contributed by atoms with Crippen LogP contribution in [0.2, 0.25) is 20.1 Å². The number of benzene rings is 2. The molecule has 1 aromatic heterocycles. The SMILES string of the molecule is CCN1C(=CC=Cc2n(CCCO[C@H]3OC(C(=O)O)[C@H](O)C(O)[C@H]3O)c3cc(Cl)c(Cl)cc3[n+]2CCCO[C@@H]2OC(C(=O)O)[C@@H](O)[C@@H](O)C2O)N(CC)c2cc(Cl)c(Cl)cc21. The number of anilines is 2. The van der Waals surface area contributed by atoms with Crippen LogP contribution in [0.25, 0.3) is 17.1 Å². The first-order valence-electron chi connectivity index (χ1n) is 19.4. The van der Waals surface area contributed by atoms with Crippen molar-refractivity contribution in [2.45, 2.75) is 101 Å². The van der Waals surface area contributed by atoms with Gasteiger partial charge in [0, 0.05) is 44.1 Å². The largest absolute Gasteiger partial charge is 0.479 e. The number of nitrogens with zero attached hydrogens (tertiary/aromatic N) is 4. The van der Waals surface area contributed by atoms with Crippen LogP contribution >= 0.6 is 46.4 Å². The van der Waals surface area contributed by atoms with Crippen LogP contribution in [0, 0.1) is 0 Å². The molecule has 4 unspecified atom stereocenters. The van der Waals surface area contributed by atoms with E-state index in [-0.39, 0.29) is 49.2 Å². The van der Waals surface area contributed by atoms with Crippen molar-refractivity contribution in [1.82, 2.24) is 4.57 Å². The molecule has 22 heteroatoms. The molecule has 6 rings (SSSR count). The average Bonchev–Trinajstić information content (AvgIpc) is 3.66. The zero-order chi connectivity index (χ0) is 44.4. The van der Waals surface area contributed by atoms with Crippen LogP contribution in [-0.4, -0.2) is 145 Å². The van der Waals surface area contributed by atoms with E-state index < -0.39 is 73.4 Å². The Labute approximate surface area is 369 Å². The van der Waals surface area contributed by atoms with Crippen LogP contribution in [0.3, 0.4) is 0 Å². The van der Waals surface area contributed by atoms with Gasteiger partial charge in [-0.25, -0.2) is 18.7 Å². The number of rotatable bonds is 16. The summed E-state index contributed by atoms with van der Waals surface area (Å²) in [5, 5.41) is 81.8. The Hall–Kier alpha value is -3.31. The highest BCUT2D eigenvalue weighted by molar-refractivity contribution is 6.43. The monoisotopic (exact) mass is 935 g/mol. The van der Waals surface area contributed by atoms with Gasteiger partial charge in [-0.1, -0.05) is 52.5 Å². The summed E-state index contributed by atoms with van der Waals surface area (Å²) in [6, 6.07) is 7.03. The first kappa shape index (κ1) is 47.2. The summed E-state index contributed by atoms with van der Waals surface area (Å²) in [4.78, 5) is 27.4. The van der Waals surface area contributed by atoms with Crippen LogP contribution < -0.4 is 14.4 Å². The van der Waals surface area contributed by atoms with Gasteiger partial charge in [-0.05, 0) is 32.1 Å². The van der Waals surface area contributed by atoms with Gasteiger partial charge in [-0.2, -0.15) is 0 Å². The number of carbonyl (C=O) groups is 2. The maximum Gasteiger partial charge on any atom is 0.335 e. The third-order valence-corrected chi connectivity index (χ3v) is 12.1. The molecule has 61 heavy (non-hydrogen) atoms. The molecule has 3 aliphatic rings. The quantitative estimate of drug-likeness (QED) is 0.0759. The third-order valence-electron chi connectivity index (χ3n) is 10.7. The fraction of sp³-hybridized carbons (Fsp3) is 0.513. The number of aliphatic hydroxyl groups is 6. The third kappa shape index (κ3) is 9.63. The van der Waals surface area contributed by atoms with Gasteiger partial charge in [0.25, 0.3) is 5.82 Å². The normalized spacial score (nSPS) is 28.0. The molecule has 0 aliphatic carbocycles. The maximum absolute atomic E-state index is 11.6. The molecule has 0 radical (unpaired) electrons. The molecule has 8 N–H and O–H groups in total. The number of fused-ring (bicyclic) bond motifs is 2. The van der Waals surface area contributed by atoms with Crippen molar-refractivity contribution in [3.05, 3.63) is 68.2 Å². The van der Waals surface area contributed by atoms with E-state index in [1.807, 2.05) is 53.3 Å². The molecule has 3 aromatic rings. The van der Waals surface area contributed by atoms with Crippen molar-refractivity contribution in [3.8, 4) is 0 Å². The molecule has 2 saturated heterocycles. The lowest BCUT2D eigenvalue weighted by Gasteiger charge is -2.38. The second-order valence-electron chi connectivity index (χ2n) is 14.5. The number of aryl methyl sites for hydroxylation is 2. The maximum atomic E-state index is 11.6. The fourth-order valence-electron chi connectivity index (χ4n) is 7.64. The standard InChI is InChI=1S/C39H46Cl4N4O14/c1-3-44-22-14-18(40)19(41)15-23(22)45(4-2)26(44)8-5-9-27-46(10-6-12-58-38-32(52)28(48)30(50)34(60-38)36(54)55)24-16-20(42)21(43)17-25(24)47(27)11-7-13-59-39-33(53)29(49)31(51)35(61-39)37(56)57/h5,8-9,14-17,28-35,38-39,48-53H,3-4,6-7,10-13H2,1-2H3,(H-,54,55,56,57)/p+1/t28-,29?,30+,31-,32?,33-,34?,35?,38-,39+/m1/s1. The van der Waals surface area contributed by atoms with Crippen molar-refractivity contribution in [2.75, 3.05) is 36.1 Å². The second kappa shape index (κ2) is 20.0. The van der Waals surface area contributed by atoms with E-state index in [1.54, 1.807) is 12.1 Å². The number of ether oxygens (including phenoxy) is 4. The minimum Gasteiger partial charge on any atom is -0.479 e. The lowest BCUT2D eigenvalue weighted by atomic mass is 9.99. The van der Waals surface area contributed by atoms with Gasteiger partial charge in [0.2, 0.25) is 0 Å².